The van der Waals surface area contributed by atoms with Crippen molar-refractivity contribution in [2.24, 2.45) is 5.73 Å². The molecule has 0 aliphatic carbocycles. The highest BCUT2D eigenvalue weighted by Gasteiger charge is 2.11. The Morgan fingerprint density at radius 3 is 2.45 bits per heavy atom. The number of amides is 1. The number of thiocarbonyl (C=S) groups is 1. The Bertz CT molecular complexity index is 689. The highest BCUT2D eigenvalue weighted by molar-refractivity contribution is 7.80. The zero-order valence-corrected chi connectivity index (χ0v) is 12.5. The minimum atomic E-state index is -0.313. The van der Waals surface area contributed by atoms with Crippen LogP contribution in [-0.4, -0.2) is 10.9 Å². The predicted molar refractivity (Wildman–Crippen MR) is 86.7 cm³/mol. The van der Waals surface area contributed by atoms with Crippen molar-refractivity contribution in [1.29, 1.82) is 0 Å². The Hall–Kier alpha value is -1.62. The largest absolute Gasteiger partial charge is 0.389 e. The number of anilines is 1. The molecule has 0 aromatic heterocycles. The minimum Gasteiger partial charge on any atom is -0.389 e. The van der Waals surface area contributed by atoms with Gasteiger partial charge in [-0.05, 0) is 24.3 Å². The van der Waals surface area contributed by atoms with E-state index >= 15 is 0 Å². The zero-order valence-electron chi connectivity index (χ0n) is 10.2. The lowest BCUT2D eigenvalue weighted by atomic mass is 10.1. The van der Waals surface area contributed by atoms with E-state index in [0.29, 0.717) is 26.9 Å². The summed E-state index contributed by atoms with van der Waals surface area (Å²) in [5.74, 6) is -0.313. The van der Waals surface area contributed by atoms with E-state index in [9.17, 15) is 4.79 Å². The lowest BCUT2D eigenvalue weighted by molar-refractivity contribution is 0.102. The van der Waals surface area contributed by atoms with Gasteiger partial charge in [-0.15, -0.1) is 0 Å². The fourth-order valence-corrected chi connectivity index (χ4v) is 2.08. The molecule has 2 rings (SSSR count). The normalized spacial score (nSPS) is 10.1. The molecule has 3 nitrogen and oxygen atoms in total. The van der Waals surface area contributed by atoms with Gasteiger partial charge in [0.15, 0.2) is 0 Å². The van der Waals surface area contributed by atoms with Gasteiger partial charge in [0, 0.05) is 11.1 Å². The Morgan fingerprint density at radius 1 is 1.10 bits per heavy atom. The van der Waals surface area contributed by atoms with Crippen LogP contribution in [0.1, 0.15) is 15.9 Å². The fourth-order valence-electron chi connectivity index (χ4n) is 1.61. The number of carbonyl (C=O) groups excluding carboxylic acids is 1. The molecule has 0 atom stereocenters. The SMILES string of the molecule is NC(=S)c1cccc(C(=O)Nc2cccc(Cl)c2Cl)c1. The smallest absolute Gasteiger partial charge is 0.255 e. The summed E-state index contributed by atoms with van der Waals surface area (Å²) in [4.78, 5) is 12.4. The average molecular weight is 325 g/mol. The molecule has 6 heteroatoms. The van der Waals surface area contributed by atoms with Crippen LogP contribution in [0.4, 0.5) is 5.69 Å². The van der Waals surface area contributed by atoms with Crippen LogP contribution in [0.3, 0.4) is 0 Å². The molecule has 20 heavy (non-hydrogen) atoms. The van der Waals surface area contributed by atoms with Crippen molar-refractivity contribution in [3.8, 4) is 0 Å². The second-order valence-corrected chi connectivity index (χ2v) is 5.23. The third-order valence-corrected chi connectivity index (χ3v) is 3.66. The molecule has 0 heterocycles. The van der Waals surface area contributed by atoms with Crippen LogP contribution in [0.25, 0.3) is 0 Å². The van der Waals surface area contributed by atoms with Gasteiger partial charge in [-0.25, -0.2) is 0 Å². The van der Waals surface area contributed by atoms with Gasteiger partial charge in [-0.2, -0.15) is 0 Å². The van der Waals surface area contributed by atoms with Crippen LogP contribution < -0.4 is 11.1 Å². The van der Waals surface area contributed by atoms with Gasteiger partial charge in [-0.1, -0.05) is 53.6 Å². The number of nitrogens with one attached hydrogen (secondary N) is 1. The standard InChI is InChI=1S/C14H10Cl2N2OS/c15-10-5-2-6-11(12(10)16)18-14(19)9-4-1-3-8(7-9)13(17)20/h1-7H,(H2,17,20)(H,18,19). The molecular weight excluding hydrogens is 315 g/mol. The maximum absolute atomic E-state index is 12.2. The average Bonchev–Trinajstić information content (AvgIpc) is 2.44. The quantitative estimate of drug-likeness (QED) is 0.842. The van der Waals surface area contributed by atoms with E-state index in [0.717, 1.165) is 0 Å². The van der Waals surface area contributed by atoms with Crippen molar-refractivity contribution >= 4 is 52.0 Å². The number of nitrogens with two attached hydrogens (primary N) is 1. The molecule has 0 radical (unpaired) electrons. The van der Waals surface area contributed by atoms with Crippen LogP contribution in [0.5, 0.6) is 0 Å². The van der Waals surface area contributed by atoms with Gasteiger partial charge in [0.1, 0.15) is 4.99 Å². The molecule has 0 fully saturated rings. The highest BCUT2D eigenvalue weighted by Crippen LogP contribution is 2.29. The van der Waals surface area contributed by atoms with Crippen LogP contribution in [0, 0.1) is 0 Å². The molecule has 2 aromatic rings. The van der Waals surface area contributed by atoms with Crippen molar-refractivity contribution in [2.45, 2.75) is 0 Å². The second kappa shape index (κ2) is 6.22. The monoisotopic (exact) mass is 324 g/mol. The van der Waals surface area contributed by atoms with Crippen molar-refractivity contribution in [1.82, 2.24) is 0 Å². The van der Waals surface area contributed by atoms with Crippen LogP contribution >= 0.6 is 35.4 Å². The Kier molecular flexibility index (Phi) is 4.60. The molecule has 0 bridgehead atoms. The van der Waals surface area contributed by atoms with Gasteiger partial charge in [-0.3, -0.25) is 4.79 Å². The van der Waals surface area contributed by atoms with E-state index in [1.54, 1.807) is 42.5 Å². The summed E-state index contributed by atoms with van der Waals surface area (Å²) in [5.41, 5.74) is 7.06. The van der Waals surface area contributed by atoms with Gasteiger partial charge >= 0.3 is 0 Å². The summed E-state index contributed by atoms with van der Waals surface area (Å²) in [6, 6.07) is 11.8. The van der Waals surface area contributed by atoms with Gasteiger partial charge in [0.05, 0.1) is 15.7 Å². The van der Waals surface area contributed by atoms with Crippen LogP contribution in [0.15, 0.2) is 42.5 Å². The van der Waals surface area contributed by atoms with Crippen molar-refractivity contribution < 1.29 is 4.79 Å². The van der Waals surface area contributed by atoms with E-state index in [1.165, 1.54) is 0 Å². The fraction of sp³-hybridized carbons (Fsp3) is 0. The summed E-state index contributed by atoms with van der Waals surface area (Å²) in [6.07, 6.45) is 0. The summed E-state index contributed by atoms with van der Waals surface area (Å²) < 4.78 is 0. The number of benzene rings is 2. The second-order valence-electron chi connectivity index (χ2n) is 4.00. The van der Waals surface area contributed by atoms with Gasteiger partial charge < -0.3 is 11.1 Å². The summed E-state index contributed by atoms with van der Waals surface area (Å²) in [6.45, 7) is 0. The highest BCUT2D eigenvalue weighted by atomic mass is 35.5. The van der Waals surface area contributed by atoms with E-state index in [-0.39, 0.29) is 10.9 Å². The van der Waals surface area contributed by atoms with E-state index in [2.05, 4.69) is 5.32 Å². The summed E-state index contributed by atoms with van der Waals surface area (Å²) in [5, 5.41) is 3.37. The minimum absolute atomic E-state index is 0.237. The number of rotatable bonds is 3. The molecular formula is C14H10Cl2N2OS. The number of carbonyl (C=O) groups is 1. The van der Waals surface area contributed by atoms with Crippen molar-refractivity contribution in [3.63, 3.8) is 0 Å². The lowest BCUT2D eigenvalue weighted by Gasteiger charge is -2.09. The van der Waals surface area contributed by atoms with Gasteiger partial charge in [0.2, 0.25) is 0 Å². The first-order valence-electron chi connectivity index (χ1n) is 5.64. The molecule has 0 saturated carbocycles. The number of hydrogen-bond acceptors (Lipinski definition) is 2. The molecule has 1 amide bonds. The first kappa shape index (κ1) is 14.8. The van der Waals surface area contributed by atoms with Crippen molar-refractivity contribution in [3.05, 3.63) is 63.6 Å². The predicted octanol–water partition coefficient (Wildman–Crippen LogP) is 3.88. The number of halogens is 2. The Morgan fingerprint density at radius 2 is 1.75 bits per heavy atom. The first-order chi connectivity index (χ1) is 9.49. The lowest BCUT2D eigenvalue weighted by Crippen LogP contribution is -2.15. The van der Waals surface area contributed by atoms with Crippen molar-refractivity contribution in [2.75, 3.05) is 5.32 Å². The van der Waals surface area contributed by atoms with Crippen LogP contribution in [0.2, 0.25) is 10.0 Å². The third kappa shape index (κ3) is 3.28. The molecule has 102 valence electrons. The first-order valence-corrected chi connectivity index (χ1v) is 6.80. The number of hydrogen-bond donors (Lipinski definition) is 2. The molecule has 0 saturated heterocycles. The molecule has 0 unspecified atom stereocenters. The Balaban J connectivity index is 2.26. The maximum atomic E-state index is 12.2. The maximum Gasteiger partial charge on any atom is 0.255 e. The van der Waals surface area contributed by atoms with Crippen LogP contribution in [-0.2, 0) is 0 Å². The topological polar surface area (TPSA) is 55.1 Å². The molecule has 0 aliphatic heterocycles. The molecule has 0 aliphatic rings. The van der Waals surface area contributed by atoms with E-state index in [4.69, 9.17) is 41.2 Å². The Labute approximate surface area is 131 Å². The van der Waals surface area contributed by atoms with Gasteiger partial charge in [0.25, 0.3) is 5.91 Å². The third-order valence-electron chi connectivity index (χ3n) is 2.61. The molecule has 3 N–H and O–H groups in total. The molecule has 2 aromatic carbocycles. The summed E-state index contributed by atoms with van der Waals surface area (Å²) >= 11 is 16.8. The van der Waals surface area contributed by atoms with E-state index < -0.39 is 0 Å². The summed E-state index contributed by atoms with van der Waals surface area (Å²) in [7, 11) is 0. The molecule has 0 spiro atoms. The van der Waals surface area contributed by atoms with E-state index in [1.807, 2.05) is 0 Å². The zero-order chi connectivity index (χ0) is 14.7.